The number of aryl methyl sites for hydroxylation is 1. The van der Waals surface area contributed by atoms with Gasteiger partial charge in [-0.25, -0.2) is 4.79 Å². The van der Waals surface area contributed by atoms with Crippen molar-refractivity contribution in [3.63, 3.8) is 0 Å². The largest absolute Gasteiger partial charge is 0.497 e. The minimum absolute atomic E-state index is 0.103. The number of ether oxygens (including phenoxy) is 2. The lowest BCUT2D eigenvalue weighted by Gasteiger charge is -2.26. The summed E-state index contributed by atoms with van der Waals surface area (Å²) >= 11 is 1.72. The predicted octanol–water partition coefficient (Wildman–Crippen LogP) is 4.29. The van der Waals surface area contributed by atoms with E-state index in [0.717, 1.165) is 34.1 Å². The molecule has 1 atom stereocenters. The summed E-state index contributed by atoms with van der Waals surface area (Å²) in [6.45, 7) is 2.67. The zero-order valence-electron chi connectivity index (χ0n) is 14.6. The number of rotatable bonds is 4. The number of carbonyl (C=O) groups is 1. The van der Waals surface area contributed by atoms with Crippen molar-refractivity contribution in [3.05, 3.63) is 53.6 Å². The van der Waals surface area contributed by atoms with Crippen molar-refractivity contribution in [3.8, 4) is 11.5 Å². The summed E-state index contributed by atoms with van der Waals surface area (Å²) in [6, 6.07) is 13.4. The quantitative estimate of drug-likeness (QED) is 0.886. The minimum Gasteiger partial charge on any atom is -0.497 e. The van der Waals surface area contributed by atoms with Gasteiger partial charge in [-0.2, -0.15) is 0 Å². The molecule has 1 aliphatic rings. The van der Waals surface area contributed by atoms with Gasteiger partial charge in [0.1, 0.15) is 16.9 Å². The normalized spacial score (nSPS) is 16.6. The molecule has 2 aromatic rings. The molecule has 5 nitrogen and oxygen atoms in total. The maximum Gasteiger partial charge on any atom is 0.323 e. The Balaban J connectivity index is 1.85. The zero-order valence-corrected chi connectivity index (χ0v) is 15.4. The summed E-state index contributed by atoms with van der Waals surface area (Å²) in [5.41, 5.74) is 2.82. The first-order valence-corrected chi connectivity index (χ1v) is 9.15. The van der Waals surface area contributed by atoms with E-state index in [1.165, 1.54) is 0 Å². The van der Waals surface area contributed by atoms with E-state index in [-0.39, 0.29) is 11.4 Å². The Kier molecular flexibility index (Phi) is 5.38. The van der Waals surface area contributed by atoms with E-state index in [2.05, 4.69) is 5.32 Å². The number of carbonyl (C=O) groups excluding carboxylic acids is 1. The third-order valence-electron chi connectivity index (χ3n) is 4.24. The van der Waals surface area contributed by atoms with Crippen LogP contribution in [0, 0.1) is 6.92 Å². The highest BCUT2D eigenvalue weighted by Crippen LogP contribution is 2.43. The first-order chi connectivity index (χ1) is 12.1. The molecule has 0 aliphatic carbocycles. The van der Waals surface area contributed by atoms with Crippen molar-refractivity contribution >= 4 is 23.5 Å². The lowest BCUT2D eigenvalue weighted by Crippen LogP contribution is -2.34. The predicted molar refractivity (Wildman–Crippen MR) is 102 cm³/mol. The van der Waals surface area contributed by atoms with Gasteiger partial charge in [-0.1, -0.05) is 18.2 Å². The molecule has 0 bridgehead atoms. The van der Waals surface area contributed by atoms with Crippen molar-refractivity contribution in [1.82, 2.24) is 4.90 Å². The molecule has 0 spiro atoms. The molecule has 1 N–H and O–H groups in total. The van der Waals surface area contributed by atoms with Gasteiger partial charge in [0, 0.05) is 23.5 Å². The van der Waals surface area contributed by atoms with Gasteiger partial charge < -0.3 is 19.7 Å². The van der Waals surface area contributed by atoms with E-state index in [4.69, 9.17) is 9.47 Å². The minimum atomic E-state index is -0.103. The molecule has 1 heterocycles. The van der Waals surface area contributed by atoms with Crippen molar-refractivity contribution < 1.29 is 14.3 Å². The number of thioether (sulfide) groups is 1. The molecule has 0 saturated carbocycles. The summed E-state index contributed by atoms with van der Waals surface area (Å²) in [7, 11) is 3.28. The molecule has 25 heavy (non-hydrogen) atoms. The van der Waals surface area contributed by atoms with Crippen LogP contribution in [0.25, 0.3) is 0 Å². The Hall–Kier alpha value is -2.34. The number of anilines is 1. The second-order valence-electron chi connectivity index (χ2n) is 5.77. The van der Waals surface area contributed by atoms with Crippen LogP contribution in [-0.2, 0) is 0 Å². The first kappa shape index (κ1) is 17.5. The number of urea groups is 1. The fraction of sp³-hybridized carbons (Fsp3) is 0.316. The number of para-hydroxylation sites is 1. The van der Waals surface area contributed by atoms with Crippen LogP contribution in [0.2, 0.25) is 0 Å². The van der Waals surface area contributed by atoms with Crippen molar-refractivity contribution in [2.75, 3.05) is 31.8 Å². The Morgan fingerprint density at radius 3 is 2.72 bits per heavy atom. The monoisotopic (exact) mass is 358 g/mol. The summed E-state index contributed by atoms with van der Waals surface area (Å²) in [6.07, 6.45) is 0. The average molecular weight is 358 g/mol. The SMILES string of the molecule is COc1ccc(OC)c(C2SCCN2C(=O)Nc2ccccc2C)c1. The highest BCUT2D eigenvalue weighted by molar-refractivity contribution is 7.99. The lowest BCUT2D eigenvalue weighted by atomic mass is 10.1. The summed E-state index contributed by atoms with van der Waals surface area (Å²) < 4.78 is 10.8. The Morgan fingerprint density at radius 1 is 1.20 bits per heavy atom. The van der Waals surface area contributed by atoms with Gasteiger partial charge in [-0.15, -0.1) is 11.8 Å². The smallest absolute Gasteiger partial charge is 0.323 e. The van der Waals surface area contributed by atoms with E-state index >= 15 is 0 Å². The van der Waals surface area contributed by atoms with Crippen LogP contribution in [-0.4, -0.2) is 37.4 Å². The molecular formula is C19H22N2O3S. The van der Waals surface area contributed by atoms with Gasteiger partial charge >= 0.3 is 6.03 Å². The number of benzene rings is 2. The molecule has 1 saturated heterocycles. The molecule has 3 rings (SSSR count). The summed E-state index contributed by atoms with van der Waals surface area (Å²) in [4.78, 5) is 14.7. The molecule has 132 valence electrons. The molecule has 1 aliphatic heterocycles. The fourth-order valence-electron chi connectivity index (χ4n) is 2.87. The lowest BCUT2D eigenvalue weighted by molar-refractivity contribution is 0.213. The number of hydrogen-bond donors (Lipinski definition) is 1. The maximum atomic E-state index is 12.8. The van der Waals surface area contributed by atoms with Crippen LogP contribution < -0.4 is 14.8 Å². The number of methoxy groups -OCH3 is 2. The van der Waals surface area contributed by atoms with E-state index in [1.807, 2.05) is 54.3 Å². The van der Waals surface area contributed by atoms with Gasteiger partial charge in [0.25, 0.3) is 0 Å². The van der Waals surface area contributed by atoms with E-state index in [1.54, 1.807) is 26.0 Å². The maximum absolute atomic E-state index is 12.8. The molecule has 0 radical (unpaired) electrons. The zero-order chi connectivity index (χ0) is 17.8. The first-order valence-electron chi connectivity index (χ1n) is 8.11. The Labute approximate surface area is 152 Å². The second-order valence-corrected chi connectivity index (χ2v) is 6.96. The third-order valence-corrected chi connectivity index (χ3v) is 5.48. The van der Waals surface area contributed by atoms with Crippen LogP contribution in [0.15, 0.2) is 42.5 Å². The van der Waals surface area contributed by atoms with E-state index in [9.17, 15) is 4.79 Å². The number of hydrogen-bond acceptors (Lipinski definition) is 4. The van der Waals surface area contributed by atoms with E-state index in [0.29, 0.717) is 6.54 Å². The Morgan fingerprint density at radius 2 is 2.00 bits per heavy atom. The molecule has 0 aromatic heterocycles. The Bertz CT molecular complexity index is 766. The molecule has 1 unspecified atom stereocenters. The van der Waals surface area contributed by atoms with Crippen molar-refractivity contribution in [1.29, 1.82) is 0 Å². The summed E-state index contributed by atoms with van der Waals surface area (Å²) in [5, 5.41) is 2.92. The van der Waals surface area contributed by atoms with Gasteiger partial charge in [0.15, 0.2) is 0 Å². The fourth-order valence-corrected chi connectivity index (χ4v) is 4.14. The number of amides is 2. The summed E-state index contributed by atoms with van der Waals surface area (Å²) in [5.74, 6) is 2.39. The van der Waals surface area contributed by atoms with Gasteiger partial charge in [-0.3, -0.25) is 0 Å². The van der Waals surface area contributed by atoms with Crippen LogP contribution in [0.3, 0.4) is 0 Å². The topological polar surface area (TPSA) is 50.8 Å². The number of nitrogens with one attached hydrogen (secondary N) is 1. The van der Waals surface area contributed by atoms with Crippen LogP contribution in [0.1, 0.15) is 16.5 Å². The highest BCUT2D eigenvalue weighted by atomic mass is 32.2. The second kappa shape index (κ2) is 7.70. The van der Waals surface area contributed by atoms with E-state index < -0.39 is 0 Å². The molecular weight excluding hydrogens is 336 g/mol. The molecule has 1 fully saturated rings. The molecule has 2 aromatic carbocycles. The van der Waals surface area contributed by atoms with Crippen LogP contribution >= 0.6 is 11.8 Å². The van der Waals surface area contributed by atoms with Crippen LogP contribution in [0.4, 0.5) is 10.5 Å². The molecule has 6 heteroatoms. The third kappa shape index (κ3) is 3.69. The van der Waals surface area contributed by atoms with Crippen molar-refractivity contribution in [2.45, 2.75) is 12.3 Å². The highest BCUT2D eigenvalue weighted by Gasteiger charge is 2.33. The average Bonchev–Trinajstić information content (AvgIpc) is 3.12. The van der Waals surface area contributed by atoms with Gasteiger partial charge in [-0.05, 0) is 36.8 Å². The van der Waals surface area contributed by atoms with Gasteiger partial charge in [0.05, 0.1) is 14.2 Å². The standard InChI is InChI=1S/C19H22N2O3S/c1-13-6-4-5-7-16(13)20-19(22)21-10-11-25-18(21)15-12-14(23-2)8-9-17(15)24-3/h4-9,12,18H,10-11H2,1-3H3,(H,20,22). The van der Waals surface area contributed by atoms with Crippen molar-refractivity contribution in [2.24, 2.45) is 0 Å². The van der Waals surface area contributed by atoms with Crippen LogP contribution in [0.5, 0.6) is 11.5 Å². The molecule has 2 amide bonds. The number of nitrogens with zero attached hydrogens (tertiary/aromatic N) is 1. The van der Waals surface area contributed by atoms with Gasteiger partial charge in [0.2, 0.25) is 0 Å².